The van der Waals surface area contributed by atoms with Gasteiger partial charge in [-0.15, -0.1) is 0 Å². The molecule has 2 unspecified atom stereocenters. The van der Waals surface area contributed by atoms with E-state index >= 15 is 0 Å². The highest BCUT2D eigenvalue weighted by molar-refractivity contribution is 5.80. The number of carbonyl (C=O) groups excluding carboxylic acids is 1. The summed E-state index contributed by atoms with van der Waals surface area (Å²) in [6.45, 7) is 0.516. The molecular formula is C13H18N2O5. The number of rotatable bonds is 5. The maximum atomic E-state index is 12.1. The average Bonchev–Trinajstić information content (AvgIpc) is 2.98. The van der Waals surface area contributed by atoms with E-state index in [4.69, 9.17) is 9.52 Å². The second kappa shape index (κ2) is 6.06. The molecule has 1 fully saturated rings. The Balaban J connectivity index is 1.91. The van der Waals surface area contributed by atoms with Crippen LogP contribution < -0.4 is 0 Å². The minimum Gasteiger partial charge on any atom is -0.480 e. The number of likely N-dealkylation sites (tertiary alicyclic amines) is 1. The Bertz CT molecular complexity index is 473. The first-order valence-corrected chi connectivity index (χ1v) is 6.38. The minimum atomic E-state index is -1.01. The predicted molar refractivity (Wildman–Crippen MR) is 68.8 cm³/mol. The van der Waals surface area contributed by atoms with Crippen molar-refractivity contribution in [2.75, 3.05) is 20.1 Å². The van der Waals surface area contributed by atoms with E-state index < -0.39 is 18.1 Å². The van der Waals surface area contributed by atoms with Crippen LogP contribution in [0.25, 0.3) is 0 Å². The molecule has 1 aromatic rings. The van der Waals surface area contributed by atoms with Gasteiger partial charge >= 0.3 is 5.97 Å². The second-order valence-electron chi connectivity index (χ2n) is 5.00. The summed E-state index contributed by atoms with van der Waals surface area (Å²) in [6, 6.07) is 2.71. The minimum absolute atomic E-state index is 0.0226. The maximum absolute atomic E-state index is 12.1. The fourth-order valence-electron chi connectivity index (χ4n) is 2.33. The molecule has 1 aliphatic heterocycles. The van der Waals surface area contributed by atoms with Crippen LogP contribution in [0.15, 0.2) is 22.8 Å². The number of amides is 1. The van der Waals surface area contributed by atoms with E-state index in [0.29, 0.717) is 12.3 Å². The van der Waals surface area contributed by atoms with Crippen LogP contribution in [-0.2, 0) is 16.1 Å². The van der Waals surface area contributed by atoms with Crippen LogP contribution in [0, 0.1) is 0 Å². The lowest BCUT2D eigenvalue weighted by molar-refractivity contribution is -0.143. The zero-order valence-corrected chi connectivity index (χ0v) is 11.2. The van der Waals surface area contributed by atoms with Gasteiger partial charge < -0.3 is 19.5 Å². The summed E-state index contributed by atoms with van der Waals surface area (Å²) >= 11 is 0. The number of carboxylic acids is 1. The Morgan fingerprint density at radius 1 is 1.55 bits per heavy atom. The number of aliphatic hydroxyl groups is 1. The van der Waals surface area contributed by atoms with E-state index in [1.54, 1.807) is 19.2 Å². The molecule has 0 radical (unpaired) electrons. The van der Waals surface area contributed by atoms with E-state index in [2.05, 4.69) is 0 Å². The highest BCUT2D eigenvalue weighted by atomic mass is 16.4. The summed E-state index contributed by atoms with van der Waals surface area (Å²) in [7, 11) is 1.63. The SMILES string of the molecule is CN(Cc1ccco1)C(=O)CN1CC(O)CC1C(=O)O. The Hall–Kier alpha value is -1.86. The first kappa shape index (κ1) is 14.5. The third kappa shape index (κ3) is 3.37. The molecule has 2 heterocycles. The molecule has 0 bridgehead atoms. The lowest BCUT2D eigenvalue weighted by atomic mass is 10.2. The molecule has 7 nitrogen and oxygen atoms in total. The highest BCUT2D eigenvalue weighted by Crippen LogP contribution is 2.18. The van der Waals surface area contributed by atoms with Crippen LogP contribution in [0.1, 0.15) is 12.2 Å². The quantitative estimate of drug-likeness (QED) is 0.774. The number of furan rings is 1. The van der Waals surface area contributed by atoms with Gasteiger partial charge in [-0.1, -0.05) is 0 Å². The van der Waals surface area contributed by atoms with Crippen molar-refractivity contribution in [3.05, 3.63) is 24.2 Å². The van der Waals surface area contributed by atoms with Crippen molar-refractivity contribution >= 4 is 11.9 Å². The topological polar surface area (TPSA) is 94.2 Å². The van der Waals surface area contributed by atoms with Crippen molar-refractivity contribution in [3.63, 3.8) is 0 Å². The lowest BCUT2D eigenvalue weighted by Crippen LogP contribution is -2.43. The van der Waals surface area contributed by atoms with E-state index in [1.807, 2.05) is 0 Å². The Morgan fingerprint density at radius 3 is 2.90 bits per heavy atom. The van der Waals surface area contributed by atoms with Crippen molar-refractivity contribution in [2.45, 2.75) is 25.1 Å². The van der Waals surface area contributed by atoms with Crippen LogP contribution in [-0.4, -0.2) is 64.2 Å². The van der Waals surface area contributed by atoms with Gasteiger partial charge in [0.25, 0.3) is 0 Å². The van der Waals surface area contributed by atoms with Crippen LogP contribution >= 0.6 is 0 Å². The Morgan fingerprint density at radius 2 is 2.30 bits per heavy atom. The lowest BCUT2D eigenvalue weighted by Gasteiger charge is -2.23. The van der Waals surface area contributed by atoms with Crippen LogP contribution in [0.3, 0.4) is 0 Å². The summed E-state index contributed by atoms with van der Waals surface area (Å²) in [4.78, 5) is 26.1. The van der Waals surface area contributed by atoms with Crippen LogP contribution in [0.4, 0.5) is 0 Å². The fraction of sp³-hybridized carbons (Fsp3) is 0.538. The first-order valence-electron chi connectivity index (χ1n) is 6.38. The first-order chi connectivity index (χ1) is 9.47. The zero-order valence-electron chi connectivity index (χ0n) is 11.2. The Kier molecular flexibility index (Phi) is 4.41. The smallest absolute Gasteiger partial charge is 0.321 e. The number of nitrogens with zero attached hydrogens (tertiary/aromatic N) is 2. The normalized spacial score (nSPS) is 22.9. The van der Waals surface area contributed by atoms with Crippen molar-refractivity contribution in [1.29, 1.82) is 0 Å². The van der Waals surface area contributed by atoms with Gasteiger partial charge in [0.2, 0.25) is 5.91 Å². The number of β-amino-alcohol motifs (C(OH)–C–C–N with tert-alkyl or cyclic N) is 1. The molecule has 20 heavy (non-hydrogen) atoms. The molecule has 0 aromatic carbocycles. The van der Waals surface area contributed by atoms with E-state index in [1.165, 1.54) is 16.1 Å². The Labute approximate surface area is 116 Å². The van der Waals surface area contributed by atoms with Crippen molar-refractivity contribution in [3.8, 4) is 0 Å². The second-order valence-corrected chi connectivity index (χ2v) is 5.00. The van der Waals surface area contributed by atoms with Gasteiger partial charge in [0, 0.05) is 20.0 Å². The standard InChI is InChI=1S/C13H18N2O5/c1-14(7-10-3-2-4-20-10)12(17)8-15-6-9(16)5-11(15)13(18)19/h2-4,9,11,16H,5-8H2,1H3,(H,18,19). The molecule has 2 atom stereocenters. The number of aliphatic hydroxyl groups excluding tert-OH is 1. The summed E-state index contributed by atoms with van der Waals surface area (Å²) in [5.74, 6) is -0.554. The van der Waals surface area contributed by atoms with Gasteiger partial charge in [-0.2, -0.15) is 0 Å². The van der Waals surface area contributed by atoms with Crippen molar-refractivity contribution < 1.29 is 24.2 Å². The molecule has 1 amide bonds. The molecule has 1 aliphatic rings. The summed E-state index contributed by atoms with van der Waals surface area (Å²) in [6.07, 6.45) is 0.995. The molecule has 0 saturated carbocycles. The number of aliphatic carboxylic acids is 1. The van der Waals surface area contributed by atoms with E-state index in [9.17, 15) is 14.7 Å². The van der Waals surface area contributed by atoms with Gasteiger partial charge in [-0.05, 0) is 12.1 Å². The number of hydrogen-bond donors (Lipinski definition) is 2. The summed E-state index contributed by atoms with van der Waals surface area (Å²) < 4.78 is 5.16. The van der Waals surface area contributed by atoms with Gasteiger partial charge in [-0.25, -0.2) is 0 Å². The van der Waals surface area contributed by atoms with Crippen molar-refractivity contribution in [1.82, 2.24) is 9.80 Å². The van der Waals surface area contributed by atoms with Crippen LogP contribution in [0.2, 0.25) is 0 Å². The highest BCUT2D eigenvalue weighted by Gasteiger charge is 2.37. The number of hydrogen-bond acceptors (Lipinski definition) is 5. The molecule has 2 rings (SSSR count). The van der Waals surface area contributed by atoms with Crippen LogP contribution in [0.5, 0.6) is 0 Å². The summed E-state index contributed by atoms with van der Waals surface area (Å²) in [5.41, 5.74) is 0. The molecule has 1 saturated heterocycles. The molecular weight excluding hydrogens is 264 g/mol. The fourth-order valence-corrected chi connectivity index (χ4v) is 2.33. The molecule has 110 valence electrons. The third-order valence-corrected chi connectivity index (χ3v) is 3.40. The third-order valence-electron chi connectivity index (χ3n) is 3.40. The van der Waals surface area contributed by atoms with Gasteiger partial charge in [0.1, 0.15) is 11.8 Å². The molecule has 0 spiro atoms. The summed E-state index contributed by atoms with van der Waals surface area (Å²) in [5, 5.41) is 18.6. The monoisotopic (exact) mass is 282 g/mol. The van der Waals surface area contributed by atoms with E-state index in [-0.39, 0.29) is 25.4 Å². The molecule has 7 heteroatoms. The van der Waals surface area contributed by atoms with E-state index in [0.717, 1.165) is 0 Å². The van der Waals surface area contributed by atoms with Gasteiger partial charge in [-0.3, -0.25) is 14.5 Å². The van der Waals surface area contributed by atoms with Gasteiger partial charge in [0.15, 0.2) is 0 Å². The number of likely N-dealkylation sites (N-methyl/N-ethyl adjacent to an activating group) is 1. The largest absolute Gasteiger partial charge is 0.480 e. The van der Waals surface area contributed by atoms with Crippen molar-refractivity contribution in [2.24, 2.45) is 0 Å². The molecule has 2 N–H and O–H groups in total. The molecule has 0 aliphatic carbocycles. The van der Waals surface area contributed by atoms with Gasteiger partial charge in [0.05, 0.1) is 25.5 Å². The maximum Gasteiger partial charge on any atom is 0.321 e. The molecule has 1 aromatic heterocycles. The number of carbonyl (C=O) groups is 2. The number of carboxylic acid groups (broad SMARTS) is 1. The predicted octanol–water partition coefficient (Wildman–Crippen LogP) is -0.242. The average molecular weight is 282 g/mol. The zero-order chi connectivity index (χ0) is 14.7.